The van der Waals surface area contributed by atoms with Crippen molar-refractivity contribution in [3.63, 3.8) is 0 Å². The molecule has 28 heavy (non-hydrogen) atoms. The van der Waals surface area contributed by atoms with Gasteiger partial charge in [0.1, 0.15) is 0 Å². The molecule has 0 saturated carbocycles. The smallest absolute Gasteiger partial charge is 0.369 e. The first kappa shape index (κ1) is 19.3. The Bertz CT molecular complexity index is 981. The Labute approximate surface area is 162 Å². The summed E-state index contributed by atoms with van der Waals surface area (Å²) >= 11 is 0. The summed E-state index contributed by atoms with van der Waals surface area (Å²) in [7, 11) is -3.59. The average Bonchev–Trinajstić information content (AvgIpc) is 3.15. The van der Waals surface area contributed by atoms with Gasteiger partial charge in [0.25, 0.3) is 0 Å². The molecule has 1 fully saturated rings. The minimum absolute atomic E-state index is 0.246. The molecule has 0 aromatic heterocycles. The van der Waals surface area contributed by atoms with Crippen molar-refractivity contribution >= 4 is 15.7 Å². The van der Waals surface area contributed by atoms with Crippen molar-refractivity contribution in [3.8, 4) is 0 Å². The SMILES string of the molecule is O=S(=O)(c1ccc2c(c1)CCC2)N1CCN(c2cccc(C(F)(F)F)c2)CC1. The van der Waals surface area contributed by atoms with Crippen LogP contribution in [0, 0.1) is 0 Å². The number of halogens is 3. The van der Waals surface area contributed by atoms with E-state index in [-0.39, 0.29) is 13.1 Å². The number of benzene rings is 2. The third kappa shape index (κ3) is 3.63. The third-order valence-corrected chi connectivity index (χ3v) is 7.38. The van der Waals surface area contributed by atoms with Crippen LogP contribution in [0.25, 0.3) is 0 Å². The highest BCUT2D eigenvalue weighted by molar-refractivity contribution is 7.89. The molecule has 0 atom stereocenters. The first-order chi connectivity index (χ1) is 13.2. The zero-order valence-corrected chi connectivity index (χ0v) is 16.1. The van der Waals surface area contributed by atoms with Gasteiger partial charge in [-0.1, -0.05) is 12.1 Å². The summed E-state index contributed by atoms with van der Waals surface area (Å²) in [5.74, 6) is 0. The maximum atomic E-state index is 13.0. The van der Waals surface area contributed by atoms with Gasteiger partial charge in [0.2, 0.25) is 10.0 Å². The molecule has 1 aliphatic carbocycles. The zero-order chi connectivity index (χ0) is 19.9. The fourth-order valence-corrected chi connectivity index (χ4v) is 5.40. The van der Waals surface area contributed by atoms with Crippen LogP contribution >= 0.6 is 0 Å². The van der Waals surface area contributed by atoms with Gasteiger partial charge in [-0.3, -0.25) is 0 Å². The minimum Gasteiger partial charge on any atom is -0.369 e. The molecular formula is C20H21F3N2O2S. The van der Waals surface area contributed by atoms with Crippen molar-refractivity contribution < 1.29 is 21.6 Å². The van der Waals surface area contributed by atoms with Crippen LogP contribution in [0.4, 0.5) is 18.9 Å². The fraction of sp³-hybridized carbons (Fsp3) is 0.400. The lowest BCUT2D eigenvalue weighted by molar-refractivity contribution is -0.137. The van der Waals surface area contributed by atoms with Gasteiger partial charge >= 0.3 is 6.18 Å². The second-order valence-corrected chi connectivity index (χ2v) is 9.16. The maximum Gasteiger partial charge on any atom is 0.416 e. The fourth-order valence-electron chi connectivity index (χ4n) is 3.92. The van der Waals surface area contributed by atoms with E-state index in [0.717, 1.165) is 37.0 Å². The van der Waals surface area contributed by atoms with Crippen molar-refractivity contribution in [1.29, 1.82) is 0 Å². The first-order valence-corrected chi connectivity index (χ1v) is 10.7. The van der Waals surface area contributed by atoms with Crippen molar-refractivity contribution in [2.75, 3.05) is 31.1 Å². The second-order valence-electron chi connectivity index (χ2n) is 7.22. The van der Waals surface area contributed by atoms with Gasteiger partial charge in [-0.25, -0.2) is 8.42 Å². The minimum atomic E-state index is -4.39. The summed E-state index contributed by atoms with van der Waals surface area (Å²) in [6.45, 7) is 1.20. The number of sulfonamides is 1. The average molecular weight is 410 g/mol. The molecule has 0 bridgehead atoms. The Morgan fingerprint density at radius 1 is 0.857 bits per heavy atom. The number of anilines is 1. The predicted octanol–water partition coefficient (Wildman–Crippen LogP) is 3.71. The highest BCUT2D eigenvalue weighted by Crippen LogP contribution is 2.32. The topological polar surface area (TPSA) is 40.6 Å². The van der Waals surface area contributed by atoms with Crippen LogP contribution in [0.2, 0.25) is 0 Å². The maximum absolute atomic E-state index is 13.0. The van der Waals surface area contributed by atoms with Crippen LogP contribution in [0.1, 0.15) is 23.1 Å². The molecular weight excluding hydrogens is 389 g/mol. The van der Waals surface area contributed by atoms with E-state index in [2.05, 4.69) is 0 Å². The Morgan fingerprint density at radius 3 is 2.29 bits per heavy atom. The number of piperazine rings is 1. The lowest BCUT2D eigenvalue weighted by atomic mass is 10.1. The molecule has 0 N–H and O–H groups in total. The molecule has 0 amide bonds. The van der Waals surface area contributed by atoms with Gasteiger partial charge in [-0.2, -0.15) is 17.5 Å². The molecule has 2 aliphatic rings. The van der Waals surface area contributed by atoms with Crippen molar-refractivity contribution in [1.82, 2.24) is 4.31 Å². The van der Waals surface area contributed by atoms with Gasteiger partial charge < -0.3 is 4.90 Å². The summed E-state index contributed by atoms with van der Waals surface area (Å²) in [4.78, 5) is 2.10. The zero-order valence-electron chi connectivity index (χ0n) is 15.2. The second kappa shape index (κ2) is 7.08. The quantitative estimate of drug-likeness (QED) is 0.775. The number of rotatable bonds is 3. The van der Waals surface area contributed by atoms with E-state index in [1.54, 1.807) is 23.1 Å². The van der Waals surface area contributed by atoms with Gasteiger partial charge in [0, 0.05) is 31.9 Å². The number of hydrogen-bond donors (Lipinski definition) is 0. The van der Waals surface area contributed by atoms with Crippen molar-refractivity contribution in [2.45, 2.75) is 30.3 Å². The molecule has 0 unspecified atom stereocenters. The van der Waals surface area contributed by atoms with Gasteiger partial charge in [0.05, 0.1) is 10.5 Å². The number of aryl methyl sites for hydroxylation is 2. The largest absolute Gasteiger partial charge is 0.416 e. The number of nitrogens with zero attached hydrogens (tertiary/aromatic N) is 2. The van der Waals surface area contributed by atoms with Gasteiger partial charge in [-0.15, -0.1) is 0 Å². The number of hydrogen-bond acceptors (Lipinski definition) is 3. The summed E-state index contributed by atoms with van der Waals surface area (Å²) in [6, 6.07) is 10.5. The molecule has 1 saturated heterocycles. The molecule has 4 rings (SSSR count). The van der Waals surface area contributed by atoms with E-state index >= 15 is 0 Å². The first-order valence-electron chi connectivity index (χ1n) is 9.29. The third-order valence-electron chi connectivity index (χ3n) is 5.49. The summed E-state index contributed by atoms with van der Waals surface area (Å²) in [5, 5.41) is 0. The van der Waals surface area contributed by atoms with E-state index in [9.17, 15) is 21.6 Å². The van der Waals surface area contributed by atoms with Crippen LogP contribution in [0.15, 0.2) is 47.4 Å². The Kier molecular flexibility index (Phi) is 4.87. The van der Waals surface area contributed by atoms with E-state index < -0.39 is 21.8 Å². The normalized spacial score (nSPS) is 18.3. The molecule has 4 nitrogen and oxygen atoms in total. The predicted molar refractivity (Wildman–Crippen MR) is 101 cm³/mol. The van der Waals surface area contributed by atoms with E-state index in [0.29, 0.717) is 23.7 Å². The number of fused-ring (bicyclic) bond motifs is 1. The standard InChI is InChI=1S/C20H21F3N2O2S/c21-20(22,23)17-5-2-6-18(14-17)24-9-11-25(12-10-24)28(26,27)19-8-7-15-3-1-4-16(15)13-19/h2,5-8,13-14H,1,3-4,9-12H2. The highest BCUT2D eigenvalue weighted by atomic mass is 32.2. The van der Waals surface area contributed by atoms with E-state index in [4.69, 9.17) is 0 Å². The van der Waals surface area contributed by atoms with Crippen LogP contribution in [0.5, 0.6) is 0 Å². The monoisotopic (exact) mass is 410 g/mol. The summed E-state index contributed by atoms with van der Waals surface area (Å²) in [5.41, 5.74) is 2.08. The van der Waals surface area contributed by atoms with Crippen LogP contribution in [-0.2, 0) is 29.0 Å². The molecule has 150 valence electrons. The molecule has 2 aromatic rings. The molecule has 2 aromatic carbocycles. The van der Waals surface area contributed by atoms with Crippen LogP contribution in [0.3, 0.4) is 0 Å². The lowest BCUT2D eigenvalue weighted by Crippen LogP contribution is -2.48. The van der Waals surface area contributed by atoms with E-state index in [1.165, 1.54) is 15.9 Å². The van der Waals surface area contributed by atoms with Gasteiger partial charge in [-0.05, 0) is 60.7 Å². The van der Waals surface area contributed by atoms with Crippen LogP contribution in [-0.4, -0.2) is 38.9 Å². The Hall–Kier alpha value is -2.06. The summed E-state index contributed by atoms with van der Waals surface area (Å²) in [6.07, 6.45) is -1.45. The molecule has 8 heteroatoms. The Morgan fingerprint density at radius 2 is 1.57 bits per heavy atom. The molecule has 0 radical (unpaired) electrons. The Balaban J connectivity index is 1.48. The van der Waals surface area contributed by atoms with Crippen molar-refractivity contribution in [3.05, 3.63) is 59.2 Å². The van der Waals surface area contributed by atoms with Crippen LogP contribution < -0.4 is 4.90 Å². The van der Waals surface area contributed by atoms with E-state index in [1.807, 2.05) is 6.07 Å². The van der Waals surface area contributed by atoms with Gasteiger partial charge in [0.15, 0.2) is 0 Å². The summed E-state index contributed by atoms with van der Waals surface area (Å²) < 4.78 is 66.2. The van der Waals surface area contributed by atoms with Crippen molar-refractivity contribution in [2.24, 2.45) is 0 Å². The number of alkyl halides is 3. The molecule has 0 spiro atoms. The highest BCUT2D eigenvalue weighted by Gasteiger charge is 2.32. The lowest BCUT2D eigenvalue weighted by Gasteiger charge is -2.35. The molecule has 1 heterocycles. The molecule has 1 aliphatic heterocycles.